The smallest absolute Gasteiger partial charge is 0.317 e. The fourth-order valence-electron chi connectivity index (χ4n) is 2.15. The number of benzene rings is 1. The Morgan fingerprint density at radius 2 is 2.09 bits per heavy atom. The molecule has 0 bridgehead atoms. The summed E-state index contributed by atoms with van der Waals surface area (Å²) in [6.45, 7) is 0.428. The lowest BCUT2D eigenvalue weighted by Crippen LogP contribution is -2.55. The number of nitrogens with one attached hydrogen (secondary N) is 1. The van der Waals surface area contributed by atoms with E-state index in [0.29, 0.717) is 12.2 Å². The van der Waals surface area contributed by atoms with Gasteiger partial charge in [0.2, 0.25) is 5.91 Å². The summed E-state index contributed by atoms with van der Waals surface area (Å²) in [4.78, 5) is 37.0. The van der Waals surface area contributed by atoms with Gasteiger partial charge in [0.15, 0.2) is 0 Å². The minimum atomic E-state index is -1.01. The topological polar surface area (TPSA) is 89.9 Å². The van der Waals surface area contributed by atoms with Crippen molar-refractivity contribution < 1.29 is 23.9 Å². The van der Waals surface area contributed by atoms with E-state index in [1.54, 1.807) is 6.07 Å². The summed E-state index contributed by atoms with van der Waals surface area (Å²) < 4.78 is 13.2. The molecule has 0 aliphatic carbocycles. The van der Waals surface area contributed by atoms with Gasteiger partial charge in [-0.25, -0.2) is 9.18 Å². The van der Waals surface area contributed by atoms with Gasteiger partial charge in [0.25, 0.3) is 0 Å². The van der Waals surface area contributed by atoms with Crippen LogP contribution in [0.25, 0.3) is 0 Å². The van der Waals surface area contributed by atoms with Crippen molar-refractivity contribution >= 4 is 23.6 Å². The predicted octanol–water partition coefficient (Wildman–Crippen LogP) is 0.659. The van der Waals surface area contributed by atoms with Gasteiger partial charge in [0, 0.05) is 25.3 Å². The van der Waals surface area contributed by atoms with Crippen molar-refractivity contribution in [3.63, 3.8) is 0 Å². The molecule has 0 radical (unpaired) electrons. The van der Waals surface area contributed by atoms with Crippen LogP contribution in [0, 0.1) is 5.82 Å². The van der Waals surface area contributed by atoms with Crippen LogP contribution in [0.2, 0.25) is 0 Å². The first-order chi connectivity index (χ1) is 10.5. The standard InChI is InChI=1S/C14H16FN3O4/c15-10-2-1-3-11(8-10)18-7-6-17(9-12(18)19)14(22)16-5-4-13(20)21/h1-3,8H,4-7,9H2,(H,16,22)(H,20,21). The molecule has 2 N–H and O–H groups in total. The first kappa shape index (κ1) is 15.7. The predicted molar refractivity (Wildman–Crippen MR) is 76.0 cm³/mol. The summed E-state index contributed by atoms with van der Waals surface area (Å²) in [5, 5.41) is 10.9. The maximum absolute atomic E-state index is 13.2. The summed E-state index contributed by atoms with van der Waals surface area (Å²) in [6.07, 6.45) is -0.178. The zero-order valence-electron chi connectivity index (χ0n) is 11.8. The highest BCUT2D eigenvalue weighted by Gasteiger charge is 2.28. The van der Waals surface area contributed by atoms with E-state index in [-0.39, 0.29) is 32.0 Å². The lowest BCUT2D eigenvalue weighted by atomic mass is 10.2. The highest BCUT2D eigenvalue weighted by Crippen LogP contribution is 2.18. The Morgan fingerprint density at radius 3 is 2.73 bits per heavy atom. The average Bonchev–Trinajstić information content (AvgIpc) is 2.46. The first-order valence-electron chi connectivity index (χ1n) is 6.78. The number of carboxylic acid groups (broad SMARTS) is 1. The number of aliphatic carboxylic acids is 1. The van der Waals surface area contributed by atoms with Crippen LogP contribution in [0.3, 0.4) is 0 Å². The molecular weight excluding hydrogens is 293 g/mol. The van der Waals surface area contributed by atoms with Crippen molar-refractivity contribution in [2.45, 2.75) is 6.42 Å². The number of urea groups is 1. The molecule has 1 fully saturated rings. The summed E-state index contributed by atoms with van der Waals surface area (Å²) in [5.74, 6) is -1.75. The number of carbonyl (C=O) groups excluding carboxylic acids is 2. The Labute approximate surface area is 126 Å². The van der Waals surface area contributed by atoms with E-state index in [1.807, 2.05) is 0 Å². The molecule has 0 aromatic heterocycles. The number of halogens is 1. The molecule has 0 spiro atoms. The molecule has 8 heteroatoms. The molecule has 2 rings (SSSR count). The van der Waals surface area contributed by atoms with Crippen molar-refractivity contribution in [2.75, 3.05) is 31.1 Å². The molecule has 1 saturated heterocycles. The molecule has 118 valence electrons. The number of carboxylic acids is 1. The lowest BCUT2D eigenvalue weighted by Gasteiger charge is -2.34. The maximum atomic E-state index is 13.2. The first-order valence-corrected chi connectivity index (χ1v) is 6.78. The summed E-state index contributed by atoms with van der Waals surface area (Å²) in [7, 11) is 0. The van der Waals surface area contributed by atoms with Gasteiger partial charge in [0.05, 0.1) is 6.42 Å². The van der Waals surface area contributed by atoms with E-state index in [2.05, 4.69) is 5.32 Å². The van der Waals surface area contributed by atoms with Gasteiger partial charge in [-0.2, -0.15) is 0 Å². The maximum Gasteiger partial charge on any atom is 0.317 e. The fourth-order valence-corrected chi connectivity index (χ4v) is 2.15. The Hall–Kier alpha value is -2.64. The molecule has 0 saturated carbocycles. The third-order valence-electron chi connectivity index (χ3n) is 3.24. The van der Waals surface area contributed by atoms with E-state index in [9.17, 15) is 18.8 Å². The molecule has 22 heavy (non-hydrogen) atoms. The molecule has 0 unspecified atom stereocenters. The quantitative estimate of drug-likeness (QED) is 0.855. The van der Waals surface area contributed by atoms with Crippen LogP contribution in [0.5, 0.6) is 0 Å². The van der Waals surface area contributed by atoms with Crippen LogP contribution in [0.4, 0.5) is 14.9 Å². The molecule has 1 aliphatic rings. The zero-order chi connectivity index (χ0) is 16.1. The lowest BCUT2D eigenvalue weighted by molar-refractivity contribution is -0.136. The average molecular weight is 309 g/mol. The molecule has 1 aromatic carbocycles. The normalized spacial score (nSPS) is 14.9. The van der Waals surface area contributed by atoms with Gasteiger partial charge in [-0.3, -0.25) is 9.59 Å². The monoisotopic (exact) mass is 309 g/mol. The van der Waals surface area contributed by atoms with Crippen LogP contribution < -0.4 is 10.2 Å². The number of rotatable bonds is 4. The summed E-state index contributed by atoms with van der Waals surface area (Å²) >= 11 is 0. The number of hydrogen-bond acceptors (Lipinski definition) is 3. The summed E-state index contributed by atoms with van der Waals surface area (Å²) in [6, 6.07) is 5.22. The molecule has 1 aromatic rings. The number of piperazine rings is 1. The fraction of sp³-hybridized carbons (Fsp3) is 0.357. The van der Waals surface area contributed by atoms with Crippen LogP contribution in [-0.2, 0) is 9.59 Å². The van der Waals surface area contributed by atoms with Crippen molar-refractivity contribution in [1.29, 1.82) is 0 Å². The van der Waals surface area contributed by atoms with Gasteiger partial charge in [0.1, 0.15) is 12.4 Å². The van der Waals surface area contributed by atoms with Crippen molar-refractivity contribution in [2.24, 2.45) is 0 Å². The summed E-state index contributed by atoms with van der Waals surface area (Å²) in [5.41, 5.74) is 0.455. The zero-order valence-corrected chi connectivity index (χ0v) is 11.8. The number of amides is 3. The van der Waals surface area contributed by atoms with E-state index in [0.717, 1.165) is 0 Å². The van der Waals surface area contributed by atoms with Crippen molar-refractivity contribution in [3.05, 3.63) is 30.1 Å². The van der Waals surface area contributed by atoms with Crippen LogP contribution >= 0.6 is 0 Å². The number of nitrogens with zero attached hydrogens (tertiary/aromatic N) is 2. The Kier molecular flexibility index (Phi) is 4.92. The van der Waals surface area contributed by atoms with Crippen molar-refractivity contribution in [3.8, 4) is 0 Å². The molecule has 3 amide bonds. The largest absolute Gasteiger partial charge is 0.481 e. The highest BCUT2D eigenvalue weighted by molar-refractivity contribution is 5.97. The second-order valence-corrected chi connectivity index (χ2v) is 4.82. The van der Waals surface area contributed by atoms with Gasteiger partial charge in [-0.1, -0.05) is 6.07 Å². The van der Waals surface area contributed by atoms with Gasteiger partial charge in [-0.15, -0.1) is 0 Å². The molecular formula is C14H16FN3O4. The Bertz CT molecular complexity index is 593. The highest BCUT2D eigenvalue weighted by atomic mass is 19.1. The minimum Gasteiger partial charge on any atom is -0.481 e. The molecule has 1 aliphatic heterocycles. The van der Waals surface area contributed by atoms with Crippen LogP contribution in [0.1, 0.15) is 6.42 Å². The molecule has 7 nitrogen and oxygen atoms in total. The van der Waals surface area contributed by atoms with E-state index in [1.165, 1.54) is 28.0 Å². The van der Waals surface area contributed by atoms with Crippen molar-refractivity contribution in [1.82, 2.24) is 10.2 Å². The minimum absolute atomic E-state index is 0.00642. The van der Waals surface area contributed by atoms with Gasteiger partial charge >= 0.3 is 12.0 Å². The number of hydrogen-bond donors (Lipinski definition) is 2. The van der Waals surface area contributed by atoms with Gasteiger partial charge in [-0.05, 0) is 18.2 Å². The second kappa shape index (κ2) is 6.88. The van der Waals surface area contributed by atoms with E-state index >= 15 is 0 Å². The SMILES string of the molecule is O=C(O)CCNC(=O)N1CCN(c2cccc(F)c2)C(=O)C1. The number of carbonyl (C=O) groups is 3. The second-order valence-electron chi connectivity index (χ2n) is 4.82. The van der Waals surface area contributed by atoms with E-state index in [4.69, 9.17) is 5.11 Å². The van der Waals surface area contributed by atoms with Crippen LogP contribution in [0.15, 0.2) is 24.3 Å². The number of anilines is 1. The third kappa shape index (κ3) is 3.94. The van der Waals surface area contributed by atoms with Gasteiger partial charge < -0.3 is 20.2 Å². The Morgan fingerprint density at radius 1 is 1.32 bits per heavy atom. The van der Waals surface area contributed by atoms with E-state index < -0.39 is 17.8 Å². The van der Waals surface area contributed by atoms with Crippen LogP contribution in [-0.4, -0.2) is 54.1 Å². The molecule has 1 heterocycles. The third-order valence-corrected chi connectivity index (χ3v) is 3.24. The molecule has 0 atom stereocenters. The Balaban J connectivity index is 1.91.